The van der Waals surface area contributed by atoms with Crippen molar-refractivity contribution in [3.8, 4) is 5.75 Å². The highest BCUT2D eigenvalue weighted by Gasteiger charge is 2.18. The van der Waals surface area contributed by atoms with E-state index >= 15 is 0 Å². The molecule has 0 bridgehead atoms. The molecule has 0 aliphatic heterocycles. The van der Waals surface area contributed by atoms with E-state index in [-0.39, 0.29) is 23.8 Å². The summed E-state index contributed by atoms with van der Waals surface area (Å²) in [6, 6.07) is 11.4. The first-order valence-electron chi connectivity index (χ1n) is 7.57. The lowest BCUT2D eigenvalue weighted by Gasteiger charge is -2.16. The number of rotatable bonds is 7. The zero-order valence-electron chi connectivity index (χ0n) is 13.9. The Balaban J connectivity index is 2.02. The number of anilines is 1. The summed E-state index contributed by atoms with van der Waals surface area (Å²) in [6.45, 7) is 0.662. The van der Waals surface area contributed by atoms with Crippen molar-refractivity contribution in [3.05, 3.63) is 63.2 Å². The molecule has 0 radical (unpaired) electrons. The normalized spacial score (nSPS) is 11.6. The number of ether oxygens (including phenoxy) is 1. The minimum absolute atomic E-state index is 0.134. The molecule has 0 spiro atoms. The van der Waals surface area contributed by atoms with Crippen LogP contribution in [0.3, 0.4) is 0 Å². The van der Waals surface area contributed by atoms with Crippen LogP contribution in [0.5, 0.6) is 5.75 Å². The second-order valence-electron chi connectivity index (χ2n) is 5.59. The zero-order valence-corrected chi connectivity index (χ0v) is 14.7. The van der Waals surface area contributed by atoms with Gasteiger partial charge in [0.2, 0.25) is 0 Å². The van der Waals surface area contributed by atoms with Crippen molar-refractivity contribution >= 4 is 28.9 Å². The molecule has 0 aliphatic rings. The number of halogens is 1. The Morgan fingerprint density at radius 3 is 2.72 bits per heavy atom. The van der Waals surface area contributed by atoms with E-state index in [0.29, 0.717) is 17.3 Å². The van der Waals surface area contributed by atoms with Gasteiger partial charge < -0.3 is 15.0 Å². The number of para-hydroxylation sites is 2. The lowest BCUT2D eigenvalue weighted by Crippen LogP contribution is -3.08. The number of carbonyl (C=O) groups is 1. The summed E-state index contributed by atoms with van der Waals surface area (Å²) >= 11 is 6.01. The summed E-state index contributed by atoms with van der Waals surface area (Å²) in [5, 5.41) is 14.2. The van der Waals surface area contributed by atoms with Crippen LogP contribution in [0.4, 0.5) is 11.4 Å². The highest BCUT2D eigenvalue weighted by Crippen LogP contribution is 2.23. The summed E-state index contributed by atoms with van der Waals surface area (Å²) < 4.78 is 5.30. The first-order chi connectivity index (χ1) is 11.9. The van der Waals surface area contributed by atoms with E-state index in [0.717, 1.165) is 10.5 Å². The number of benzene rings is 2. The second-order valence-corrected chi connectivity index (χ2v) is 6.03. The largest absolute Gasteiger partial charge is 0.496 e. The third-order valence-corrected chi connectivity index (χ3v) is 3.81. The van der Waals surface area contributed by atoms with Gasteiger partial charge >= 0.3 is 0 Å². The predicted molar refractivity (Wildman–Crippen MR) is 95.2 cm³/mol. The molecule has 1 unspecified atom stereocenters. The molecule has 2 N–H and O–H groups in total. The van der Waals surface area contributed by atoms with Crippen LogP contribution in [0.25, 0.3) is 0 Å². The van der Waals surface area contributed by atoms with E-state index in [4.69, 9.17) is 16.3 Å². The van der Waals surface area contributed by atoms with Crippen molar-refractivity contribution < 1.29 is 19.4 Å². The van der Waals surface area contributed by atoms with E-state index in [2.05, 4.69) is 5.32 Å². The number of nitro groups is 1. The van der Waals surface area contributed by atoms with Crippen LogP contribution in [-0.4, -0.2) is 31.5 Å². The summed E-state index contributed by atoms with van der Waals surface area (Å²) in [6.07, 6.45) is 0. The Kier molecular flexibility index (Phi) is 6.32. The van der Waals surface area contributed by atoms with Gasteiger partial charge in [-0.1, -0.05) is 23.7 Å². The number of nitrogens with zero attached hydrogens (tertiary/aromatic N) is 1. The standard InChI is InChI=1S/C17H18ClN3O4/c1-20(10-12-9-13(18)7-8-16(12)25-2)11-17(22)19-14-5-3-4-6-15(14)21(23)24/h3-9H,10-11H2,1-2H3,(H,19,22)/p+1. The van der Waals surface area contributed by atoms with Crippen LogP contribution in [0.15, 0.2) is 42.5 Å². The van der Waals surface area contributed by atoms with E-state index < -0.39 is 4.92 Å². The highest BCUT2D eigenvalue weighted by molar-refractivity contribution is 6.30. The fourth-order valence-corrected chi connectivity index (χ4v) is 2.67. The molecule has 2 aromatic rings. The molecule has 8 heteroatoms. The number of nitro benzene ring substituents is 1. The van der Waals surface area contributed by atoms with Crippen LogP contribution in [-0.2, 0) is 11.3 Å². The van der Waals surface area contributed by atoms with Crippen LogP contribution in [0, 0.1) is 10.1 Å². The van der Waals surface area contributed by atoms with Gasteiger partial charge in [0.1, 0.15) is 18.0 Å². The number of methoxy groups -OCH3 is 1. The molecule has 0 saturated heterocycles. The fraction of sp³-hybridized carbons (Fsp3) is 0.235. The monoisotopic (exact) mass is 364 g/mol. The van der Waals surface area contributed by atoms with Gasteiger partial charge in [0.05, 0.1) is 19.1 Å². The molecule has 0 saturated carbocycles. The molecule has 0 aromatic heterocycles. The van der Waals surface area contributed by atoms with Crippen LogP contribution in [0.2, 0.25) is 5.02 Å². The second kappa shape index (κ2) is 8.46. The topological polar surface area (TPSA) is 85.9 Å². The van der Waals surface area contributed by atoms with Gasteiger partial charge in [-0.25, -0.2) is 0 Å². The zero-order chi connectivity index (χ0) is 18.4. The molecule has 132 valence electrons. The number of hydrogen-bond acceptors (Lipinski definition) is 4. The molecule has 0 fully saturated rings. The summed E-state index contributed by atoms with van der Waals surface area (Å²) in [5.74, 6) is 0.385. The van der Waals surface area contributed by atoms with E-state index in [9.17, 15) is 14.9 Å². The predicted octanol–water partition coefficient (Wildman–Crippen LogP) is 1.91. The molecule has 25 heavy (non-hydrogen) atoms. The molecule has 1 atom stereocenters. The maximum Gasteiger partial charge on any atom is 0.292 e. The average molecular weight is 365 g/mol. The van der Waals surface area contributed by atoms with Gasteiger partial charge in [-0.15, -0.1) is 0 Å². The van der Waals surface area contributed by atoms with Gasteiger partial charge in [0, 0.05) is 16.7 Å². The average Bonchev–Trinajstić information content (AvgIpc) is 2.55. The third kappa shape index (κ3) is 5.17. The molecule has 7 nitrogen and oxygen atoms in total. The van der Waals surface area contributed by atoms with Gasteiger partial charge in [0.15, 0.2) is 6.54 Å². The summed E-state index contributed by atoms with van der Waals surface area (Å²) in [4.78, 5) is 23.6. The van der Waals surface area contributed by atoms with E-state index in [1.165, 1.54) is 12.1 Å². The molecular formula is C17H19ClN3O4+. The molecule has 2 rings (SSSR count). The maximum absolute atomic E-state index is 12.2. The van der Waals surface area contributed by atoms with Crippen molar-refractivity contribution in [1.82, 2.24) is 0 Å². The SMILES string of the molecule is COc1ccc(Cl)cc1C[NH+](C)CC(=O)Nc1ccccc1[N+](=O)[O-]. The molecule has 1 amide bonds. The van der Waals surface area contributed by atoms with Gasteiger partial charge in [-0.3, -0.25) is 14.9 Å². The Labute approximate surface area is 150 Å². The maximum atomic E-state index is 12.2. The summed E-state index contributed by atoms with van der Waals surface area (Å²) in [7, 11) is 3.42. The van der Waals surface area contributed by atoms with E-state index in [1.54, 1.807) is 37.4 Å². The van der Waals surface area contributed by atoms with Gasteiger partial charge in [-0.2, -0.15) is 0 Å². The minimum atomic E-state index is -0.525. The number of nitrogens with one attached hydrogen (secondary N) is 2. The Bertz CT molecular complexity index is 782. The van der Waals surface area contributed by atoms with Crippen LogP contribution < -0.4 is 15.0 Å². The quantitative estimate of drug-likeness (QED) is 0.580. The molecule has 0 aliphatic carbocycles. The lowest BCUT2D eigenvalue weighted by atomic mass is 10.2. The lowest BCUT2D eigenvalue weighted by molar-refractivity contribution is -0.885. The van der Waals surface area contributed by atoms with Crippen molar-refractivity contribution in [1.29, 1.82) is 0 Å². The number of amides is 1. The number of quaternary nitrogens is 1. The third-order valence-electron chi connectivity index (χ3n) is 3.57. The Hall–Kier alpha value is -2.64. The minimum Gasteiger partial charge on any atom is -0.496 e. The first kappa shape index (κ1) is 18.7. The van der Waals surface area contributed by atoms with Crippen LogP contribution in [0.1, 0.15) is 5.56 Å². The van der Waals surface area contributed by atoms with Gasteiger partial charge in [-0.05, 0) is 24.3 Å². The van der Waals surface area contributed by atoms with Gasteiger partial charge in [0.25, 0.3) is 11.6 Å². The number of carbonyl (C=O) groups excluding carboxylic acids is 1. The fourth-order valence-electron chi connectivity index (χ4n) is 2.48. The van der Waals surface area contributed by atoms with Crippen molar-refractivity contribution in [3.63, 3.8) is 0 Å². The van der Waals surface area contributed by atoms with E-state index in [1.807, 2.05) is 7.05 Å². The van der Waals surface area contributed by atoms with Crippen molar-refractivity contribution in [2.45, 2.75) is 6.54 Å². The highest BCUT2D eigenvalue weighted by atomic mass is 35.5. The molecule has 2 aromatic carbocycles. The number of likely N-dealkylation sites (N-methyl/N-ethyl adjacent to an activating group) is 1. The Morgan fingerprint density at radius 2 is 2.04 bits per heavy atom. The number of hydrogen-bond donors (Lipinski definition) is 2. The summed E-state index contributed by atoms with van der Waals surface area (Å²) in [5.41, 5.74) is 0.932. The molecule has 0 heterocycles. The Morgan fingerprint density at radius 1 is 1.32 bits per heavy atom. The van der Waals surface area contributed by atoms with Crippen molar-refractivity contribution in [2.75, 3.05) is 26.0 Å². The van der Waals surface area contributed by atoms with Crippen LogP contribution >= 0.6 is 11.6 Å². The first-order valence-corrected chi connectivity index (χ1v) is 7.95. The van der Waals surface area contributed by atoms with Crippen molar-refractivity contribution in [2.24, 2.45) is 0 Å². The molecular weight excluding hydrogens is 346 g/mol. The smallest absolute Gasteiger partial charge is 0.292 e.